The molecule has 0 amide bonds. The third-order valence-electron chi connectivity index (χ3n) is 4.11. The smallest absolute Gasteiger partial charge is 0.191 e. The minimum absolute atomic E-state index is 0. The maximum atomic E-state index is 4.34. The second-order valence-electron chi connectivity index (χ2n) is 5.83. The molecule has 3 nitrogen and oxygen atoms in total. The minimum Gasteiger partial charge on any atom is -0.354 e. The van der Waals surface area contributed by atoms with Crippen LogP contribution >= 0.6 is 24.0 Å². The highest BCUT2D eigenvalue weighted by Gasteiger charge is 2.14. The van der Waals surface area contributed by atoms with E-state index in [1.807, 2.05) is 7.05 Å². The standard InChI is InChI=1S/C17H27N3.HI/c1-13-9-10-15(14(2)11-13)12-19-17(18-3)20-16-7-5-4-6-8-16;/h9-11,16H,4-8,12H2,1-3H3,(H2,18,19,20);1H. The lowest BCUT2D eigenvalue weighted by atomic mass is 9.96. The Balaban J connectivity index is 0.00000220. The van der Waals surface area contributed by atoms with Crippen LogP contribution in [0.1, 0.15) is 48.8 Å². The summed E-state index contributed by atoms with van der Waals surface area (Å²) in [7, 11) is 1.85. The monoisotopic (exact) mass is 401 g/mol. The lowest BCUT2D eigenvalue weighted by Crippen LogP contribution is -2.43. The Bertz CT molecular complexity index is 465. The Kier molecular flexibility index (Phi) is 8.07. The van der Waals surface area contributed by atoms with Gasteiger partial charge in [0.15, 0.2) is 5.96 Å². The highest BCUT2D eigenvalue weighted by molar-refractivity contribution is 14.0. The van der Waals surface area contributed by atoms with Crippen molar-refractivity contribution in [2.24, 2.45) is 4.99 Å². The number of nitrogens with one attached hydrogen (secondary N) is 2. The van der Waals surface area contributed by atoms with Crippen molar-refractivity contribution >= 4 is 29.9 Å². The van der Waals surface area contributed by atoms with Gasteiger partial charge in [-0.3, -0.25) is 4.99 Å². The zero-order chi connectivity index (χ0) is 14.4. The van der Waals surface area contributed by atoms with Gasteiger partial charge in [-0.15, -0.1) is 24.0 Å². The first-order valence-corrected chi connectivity index (χ1v) is 7.72. The number of guanidine groups is 1. The minimum atomic E-state index is 0. The van der Waals surface area contributed by atoms with Crippen molar-refractivity contribution in [2.75, 3.05) is 7.05 Å². The fraction of sp³-hybridized carbons (Fsp3) is 0.588. The van der Waals surface area contributed by atoms with Gasteiger partial charge in [-0.25, -0.2) is 0 Å². The van der Waals surface area contributed by atoms with E-state index >= 15 is 0 Å². The van der Waals surface area contributed by atoms with Gasteiger partial charge in [0.1, 0.15) is 0 Å². The van der Waals surface area contributed by atoms with E-state index in [1.54, 1.807) is 0 Å². The summed E-state index contributed by atoms with van der Waals surface area (Å²) in [5.41, 5.74) is 3.99. The van der Waals surface area contributed by atoms with E-state index in [0.29, 0.717) is 6.04 Å². The van der Waals surface area contributed by atoms with Crippen LogP contribution in [0, 0.1) is 13.8 Å². The summed E-state index contributed by atoms with van der Waals surface area (Å²) in [5.74, 6) is 0.928. The lowest BCUT2D eigenvalue weighted by Gasteiger charge is -2.25. The summed E-state index contributed by atoms with van der Waals surface area (Å²) in [4.78, 5) is 4.34. The van der Waals surface area contributed by atoms with Crippen LogP contribution in [0.3, 0.4) is 0 Å². The molecule has 0 heterocycles. The first-order chi connectivity index (χ1) is 9.69. The Morgan fingerprint density at radius 3 is 2.52 bits per heavy atom. The summed E-state index contributed by atoms with van der Waals surface area (Å²) in [6, 6.07) is 7.19. The number of rotatable bonds is 3. The van der Waals surface area contributed by atoms with Gasteiger partial charge in [-0.2, -0.15) is 0 Å². The van der Waals surface area contributed by atoms with Gasteiger partial charge >= 0.3 is 0 Å². The molecular weight excluding hydrogens is 373 g/mol. The molecule has 1 saturated carbocycles. The van der Waals surface area contributed by atoms with Crippen molar-refractivity contribution < 1.29 is 0 Å². The van der Waals surface area contributed by atoms with Gasteiger partial charge in [-0.1, -0.05) is 43.0 Å². The second kappa shape index (κ2) is 9.28. The molecule has 2 rings (SSSR count). The van der Waals surface area contributed by atoms with Crippen LogP contribution in [0.4, 0.5) is 0 Å². The van der Waals surface area contributed by atoms with E-state index in [2.05, 4.69) is 47.7 Å². The lowest BCUT2D eigenvalue weighted by molar-refractivity contribution is 0.410. The maximum Gasteiger partial charge on any atom is 0.191 e. The highest BCUT2D eigenvalue weighted by Crippen LogP contribution is 2.17. The first-order valence-electron chi connectivity index (χ1n) is 7.72. The number of hydrogen-bond donors (Lipinski definition) is 2. The third-order valence-corrected chi connectivity index (χ3v) is 4.11. The molecule has 1 aromatic rings. The van der Waals surface area contributed by atoms with E-state index in [4.69, 9.17) is 0 Å². The number of benzene rings is 1. The average Bonchev–Trinajstić information content (AvgIpc) is 2.46. The molecular formula is C17H28IN3. The topological polar surface area (TPSA) is 36.4 Å². The molecule has 2 N–H and O–H groups in total. The molecule has 0 bridgehead atoms. The fourth-order valence-corrected chi connectivity index (χ4v) is 2.86. The Labute approximate surface area is 146 Å². The van der Waals surface area contributed by atoms with E-state index < -0.39 is 0 Å². The maximum absolute atomic E-state index is 4.34. The van der Waals surface area contributed by atoms with Gasteiger partial charge in [-0.05, 0) is 37.8 Å². The molecule has 0 atom stereocenters. The molecule has 1 fully saturated rings. The SMILES string of the molecule is CN=C(NCc1ccc(C)cc1C)NC1CCCCC1.I. The molecule has 0 aliphatic heterocycles. The van der Waals surface area contributed by atoms with E-state index in [1.165, 1.54) is 48.8 Å². The number of nitrogens with zero attached hydrogens (tertiary/aromatic N) is 1. The van der Waals surface area contributed by atoms with Gasteiger partial charge in [0, 0.05) is 19.6 Å². The number of halogens is 1. The van der Waals surface area contributed by atoms with E-state index in [9.17, 15) is 0 Å². The number of aryl methyl sites for hydroxylation is 2. The molecule has 21 heavy (non-hydrogen) atoms. The van der Waals surface area contributed by atoms with E-state index in [0.717, 1.165) is 12.5 Å². The molecule has 1 aliphatic carbocycles. The normalized spacial score (nSPS) is 16.2. The van der Waals surface area contributed by atoms with Gasteiger partial charge in [0.25, 0.3) is 0 Å². The van der Waals surface area contributed by atoms with Gasteiger partial charge in [0.05, 0.1) is 0 Å². The predicted octanol–water partition coefficient (Wildman–Crippen LogP) is 3.92. The molecule has 0 unspecified atom stereocenters. The van der Waals surface area contributed by atoms with Crippen LogP contribution < -0.4 is 10.6 Å². The first kappa shape index (κ1) is 18.3. The zero-order valence-electron chi connectivity index (χ0n) is 13.4. The van der Waals surface area contributed by atoms with Crippen LogP contribution in [-0.4, -0.2) is 19.0 Å². The highest BCUT2D eigenvalue weighted by atomic mass is 127. The van der Waals surface area contributed by atoms with Crippen molar-refractivity contribution in [2.45, 2.75) is 58.5 Å². The molecule has 0 spiro atoms. The fourth-order valence-electron chi connectivity index (χ4n) is 2.86. The van der Waals surface area contributed by atoms with Crippen LogP contribution in [0.5, 0.6) is 0 Å². The van der Waals surface area contributed by atoms with Crippen molar-refractivity contribution in [3.63, 3.8) is 0 Å². The predicted molar refractivity (Wildman–Crippen MR) is 102 cm³/mol. The number of hydrogen-bond acceptors (Lipinski definition) is 1. The Morgan fingerprint density at radius 1 is 1.19 bits per heavy atom. The summed E-state index contributed by atoms with van der Waals surface area (Å²) in [6.45, 7) is 5.13. The van der Waals surface area contributed by atoms with Crippen molar-refractivity contribution in [1.82, 2.24) is 10.6 Å². The van der Waals surface area contributed by atoms with Crippen LogP contribution in [0.2, 0.25) is 0 Å². The quantitative estimate of drug-likeness (QED) is 0.458. The molecule has 118 valence electrons. The second-order valence-corrected chi connectivity index (χ2v) is 5.83. The molecule has 1 aliphatic rings. The summed E-state index contributed by atoms with van der Waals surface area (Å²) < 4.78 is 0. The largest absolute Gasteiger partial charge is 0.354 e. The third kappa shape index (κ3) is 5.85. The van der Waals surface area contributed by atoms with Crippen LogP contribution in [0.25, 0.3) is 0 Å². The Morgan fingerprint density at radius 2 is 1.90 bits per heavy atom. The van der Waals surface area contributed by atoms with Crippen LogP contribution in [-0.2, 0) is 6.54 Å². The van der Waals surface area contributed by atoms with Crippen molar-refractivity contribution in [3.05, 3.63) is 34.9 Å². The van der Waals surface area contributed by atoms with E-state index in [-0.39, 0.29) is 24.0 Å². The summed E-state index contributed by atoms with van der Waals surface area (Å²) in [6.07, 6.45) is 6.60. The molecule has 0 radical (unpaired) electrons. The van der Waals surface area contributed by atoms with Gasteiger partial charge in [0.2, 0.25) is 0 Å². The van der Waals surface area contributed by atoms with Crippen LogP contribution in [0.15, 0.2) is 23.2 Å². The molecule has 0 aromatic heterocycles. The summed E-state index contributed by atoms with van der Waals surface area (Å²) >= 11 is 0. The molecule has 1 aromatic carbocycles. The van der Waals surface area contributed by atoms with Crippen molar-refractivity contribution in [3.8, 4) is 0 Å². The zero-order valence-corrected chi connectivity index (χ0v) is 15.7. The molecule has 0 saturated heterocycles. The van der Waals surface area contributed by atoms with Gasteiger partial charge < -0.3 is 10.6 Å². The Hall–Kier alpha value is -0.780. The summed E-state index contributed by atoms with van der Waals surface area (Å²) in [5, 5.41) is 6.98. The molecule has 4 heteroatoms. The average molecular weight is 401 g/mol. The van der Waals surface area contributed by atoms with Crippen molar-refractivity contribution in [1.29, 1.82) is 0 Å². The number of aliphatic imine (C=N–C) groups is 1.